The molecule has 2 aromatic heterocycles. The van der Waals surface area contributed by atoms with Crippen LogP contribution < -0.4 is 5.32 Å². The van der Waals surface area contributed by atoms with E-state index in [0.717, 1.165) is 17.0 Å². The lowest BCUT2D eigenvalue weighted by molar-refractivity contribution is 0.330. The minimum absolute atomic E-state index is 0.269. The van der Waals surface area contributed by atoms with Crippen LogP contribution in [0.4, 0.5) is 0 Å². The Labute approximate surface area is 129 Å². The van der Waals surface area contributed by atoms with Crippen molar-refractivity contribution in [2.45, 2.75) is 32.5 Å². The first-order valence-electron chi connectivity index (χ1n) is 7.47. The SMILES string of the molecule is C[C@@H](NCc1cc(-c2ccccc2)no1)[C@H](C)n1cccn1. The van der Waals surface area contributed by atoms with Crippen molar-refractivity contribution in [2.24, 2.45) is 0 Å². The molecule has 0 aliphatic carbocycles. The van der Waals surface area contributed by atoms with Crippen molar-refractivity contribution < 1.29 is 4.52 Å². The van der Waals surface area contributed by atoms with Gasteiger partial charge in [0.2, 0.25) is 0 Å². The fourth-order valence-corrected chi connectivity index (χ4v) is 2.32. The normalized spacial score (nSPS) is 13.9. The lowest BCUT2D eigenvalue weighted by Crippen LogP contribution is -2.33. The summed E-state index contributed by atoms with van der Waals surface area (Å²) < 4.78 is 7.36. The van der Waals surface area contributed by atoms with Crippen LogP contribution in [0.15, 0.2) is 59.4 Å². The van der Waals surface area contributed by atoms with Crippen LogP contribution >= 0.6 is 0 Å². The van der Waals surface area contributed by atoms with E-state index < -0.39 is 0 Å². The Morgan fingerprint density at radius 3 is 2.73 bits per heavy atom. The smallest absolute Gasteiger partial charge is 0.151 e. The fourth-order valence-electron chi connectivity index (χ4n) is 2.32. The van der Waals surface area contributed by atoms with Crippen LogP contribution in [0.5, 0.6) is 0 Å². The largest absolute Gasteiger partial charge is 0.359 e. The predicted molar refractivity (Wildman–Crippen MR) is 85.2 cm³/mol. The van der Waals surface area contributed by atoms with Gasteiger partial charge in [0.15, 0.2) is 5.76 Å². The molecule has 114 valence electrons. The molecule has 2 atom stereocenters. The van der Waals surface area contributed by atoms with Crippen LogP contribution in [0.25, 0.3) is 11.3 Å². The molecule has 0 aliphatic heterocycles. The lowest BCUT2D eigenvalue weighted by Gasteiger charge is -2.21. The zero-order valence-electron chi connectivity index (χ0n) is 12.8. The highest BCUT2D eigenvalue weighted by Crippen LogP contribution is 2.18. The summed E-state index contributed by atoms with van der Waals surface area (Å²) in [6.07, 6.45) is 3.77. The molecule has 0 saturated carbocycles. The van der Waals surface area contributed by atoms with Gasteiger partial charge in [-0.25, -0.2) is 0 Å². The highest BCUT2D eigenvalue weighted by molar-refractivity contribution is 5.58. The Hall–Kier alpha value is -2.40. The third kappa shape index (κ3) is 3.26. The van der Waals surface area contributed by atoms with E-state index in [1.807, 2.05) is 53.3 Å². The highest BCUT2D eigenvalue weighted by atomic mass is 16.5. The molecule has 5 nitrogen and oxygen atoms in total. The first-order valence-corrected chi connectivity index (χ1v) is 7.47. The third-order valence-electron chi connectivity index (χ3n) is 3.89. The molecule has 5 heteroatoms. The van der Waals surface area contributed by atoms with E-state index in [1.165, 1.54) is 0 Å². The topological polar surface area (TPSA) is 55.9 Å². The van der Waals surface area contributed by atoms with Gasteiger partial charge in [0, 0.05) is 30.1 Å². The molecule has 1 aromatic carbocycles. The summed E-state index contributed by atoms with van der Waals surface area (Å²) in [6.45, 7) is 4.92. The number of aromatic nitrogens is 3. The van der Waals surface area contributed by atoms with Gasteiger partial charge in [0.05, 0.1) is 12.6 Å². The van der Waals surface area contributed by atoms with Gasteiger partial charge in [-0.2, -0.15) is 5.10 Å². The van der Waals surface area contributed by atoms with Crippen molar-refractivity contribution in [3.8, 4) is 11.3 Å². The van der Waals surface area contributed by atoms with E-state index in [9.17, 15) is 0 Å². The predicted octanol–water partition coefficient (Wildman–Crippen LogP) is 3.28. The number of rotatable bonds is 6. The second kappa shape index (κ2) is 6.58. The molecule has 0 bridgehead atoms. The van der Waals surface area contributed by atoms with E-state index in [0.29, 0.717) is 6.54 Å². The van der Waals surface area contributed by atoms with Crippen molar-refractivity contribution in [3.05, 3.63) is 60.6 Å². The van der Waals surface area contributed by atoms with E-state index in [1.54, 1.807) is 6.20 Å². The molecule has 0 amide bonds. The molecule has 22 heavy (non-hydrogen) atoms. The maximum Gasteiger partial charge on any atom is 0.151 e. The Morgan fingerprint density at radius 1 is 1.18 bits per heavy atom. The van der Waals surface area contributed by atoms with E-state index >= 15 is 0 Å². The van der Waals surface area contributed by atoms with Crippen LogP contribution in [0, 0.1) is 0 Å². The average molecular weight is 296 g/mol. The monoisotopic (exact) mass is 296 g/mol. The number of benzene rings is 1. The fraction of sp³-hybridized carbons (Fsp3) is 0.294. The van der Waals surface area contributed by atoms with Crippen molar-refractivity contribution >= 4 is 0 Å². The lowest BCUT2D eigenvalue weighted by atomic mass is 10.1. The molecule has 0 saturated heterocycles. The second-order valence-electron chi connectivity index (χ2n) is 5.44. The molecule has 3 aromatic rings. The van der Waals surface area contributed by atoms with Gasteiger partial charge in [0.25, 0.3) is 0 Å². The average Bonchev–Trinajstić information content (AvgIpc) is 3.24. The molecule has 0 aliphatic rings. The molecular weight excluding hydrogens is 276 g/mol. The van der Waals surface area contributed by atoms with E-state index in [2.05, 4.69) is 29.4 Å². The molecule has 0 unspecified atom stereocenters. The summed E-state index contributed by atoms with van der Waals surface area (Å²) in [5.41, 5.74) is 1.93. The Morgan fingerprint density at radius 2 is 2.00 bits per heavy atom. The van der Waals surface area contributed by atoms with Gasteiger partial charge in [-0.15, -0.1) is 0 Å². The van der Waals surface area contributed by atoms with Crippen LogP contribution in [-0.4, -0.2) is 21.0 Å². The summed E-state index contributed by atoms with van der Waals surface area (Å²) in [6, 6.07) is 14.5. The Kier molecular flexibility index (Phi) is 4.34. The minimum atomic E-state index is 0.269. The van der Waals surface area contributed by atoms with Crippen LogP contribution in [0.1, 0.15) is 25.6 Å². The zero-order valence-corrected chi connectivity index (χ0v) is 12.8. The summed E-state index contributed by atoms with van der Waals surface area (Å²) in [5, 5.41) is 11.9. The van der Waals surface area contributed by atoms with Crippen LogP contribution in [0.3, 0.4) is 0 Å². The molecular formula is C17H20N4O. The van der Waals surface area contributed by atoms with Crippen molar-refractivity contribution in [1.82, 2.24) is 20.3 Å². The summed E-state index contributed by atoms with van der Waals surface area (Å²) in [7, 11) is 0. The zero-order chi connectivity index (χ0) is 15.4. The Bertz CT molecular complexity index is 691. The summed E-state index contributed by atoms with van der Waals surface area (Å²) in [4.78, 5) is 0. The second-order valence-corrected chi connectivity index (χ2v) is 5.44. The van der Waals surface area contributed by atoms with Crippen LogP contribution in [0.2, 0.25) is 0 Å². The maximum atomic E-state index is 5.40. The maximum absolute atomic E-state index is 5.40. The van der Waals surface area contributed by atoms with Gasteiger partial charge in [-0.1, -0.05) is 35.5 Å². The number of nitrogens with one attached hydrogen (secondary N) is 1. The molecule has 0 fully saturated rings. The van der Waals surface area contributed by atoms with Gasteiger partial charge in [0.1, 0.15) is 5.69 Å². The number of nitrogens with zero attached hydrogens (tertiary/aromatic N) is 3. The molecule has 1 N–H and O–H groups in total. The number of hydrogen-bond donors (Lipinski definition) is 1. The first-order chi connectivity index (χ1) is 10.7. The van der Waals surface area contributed by atoms with Crippen molar-refractivity contribution in [1.29, 1.82) is 0 Å². The van der Waals surface area contributed by atoms with Crippen molar-refractivity contribution in [3.63, 3.8) is 0 Å². The van der Waals surface area contributed by atoms with E-state index in [4.69, 9.17) is 4.52 Å². The van der Waals surface area contributed by atoms with Crippen molar-refractivity contribution in [2.75, 3.05) is 0 Å². The summed E-state index contributed by atoms with van der Waals surface area (Å²) >= 11 is 0. The number of hydrogen-bond acceptors (Lipinski definition) is 4. The first kappa shape index (κ1) is 14.5. The minimum Gasteiger partial charge on any atom is -0.359 e. The van der Waals surface area contributed by atoms with Crippen LogP contribution in [-0.2, 0) is 6.54 Å². The highest BCUT2D eigenvalue weighted by Gasteiger charge is 2.14. The van der Waals surface area contributed by atoms with Gasteiger partial charge in [-0.3, -0.25) is 4.68 Å². The molecule has 3 rings (SSSR count). The Balaban J connectivity index is 1.59. The molecule has 0 radical (unpaired) electrons. The molecule has 0 spiro atoms. The quantitative estimate of drug-likeness (QED) is 0.758. The van der Waals surface area contributed by atoms with Gasteiger partial charge in [-0.05, 0) is 19.9 Å². The van der Waals surface area contributed by atoms with Gasteiger partial charge < -0.3 is 9.84 Å². The standard InChI is InChI=1S/C17H20N4O/c1-13(14(2)21-10-6-9-19-21)18-12-16-11-17(20-22-16)15-7-4-3-5-8-15/h3-11,13-14,18H,12H2,1-2H3/t13-,14+/m1/s1. The van der Waals surface area contributed by atoms with Gasteiger partial charge >= 0.3 is 0 Å². The van der Waals surface area contributed by atoms with E-state index in [-0.39, 0.29) is 12.1 Å². The summed E-state index contributed by atoms with van der Waals surface area (Å²) in [5.74, 6) is 0.832. The molecule has 2 heterocycles. The third-order valence-corrected chi connectivity index (χ3v) is 3.89.